The topological polar surface area (TPSA) is 52.6 Å². The molecule has 0 aromatic rings. The summed E-state index contributed by atoms with van der Waals surface area (Å²) in [4.78, 5) is 25.7. The van der Waals surface area contributed by atoms with Gasteiger partial charge in [0.25, 0.3) is 5.92 Å². The molecule has 1 spiro atoms. The van der Waals surface area contributed by atoms with Crippen LogP contribution in [0.1, 0.15) is 52.4 Å². The lowest BCUT2D eigenvalue weighted by Crippen LogP contribution is -2.56. The number of halogens is 3. The quantitative estimate of drug-likeness (QED) is 0.646. The predicted molar refractivity (Wildman–Crippen MR) is 87.5 cm³/mol. The molecule has 4 aliphatic carbocycles. The molecule has 5 rings (SSSR count). The van der Waals surface area contributed by atoms with Crippen molar-refractivity contribution in [1.82, 2.24) is 0 Å². The number of hydrogen-bond acceptors (Lipinski definition) is 4. The smallest absolute Gasteiger partial charge is 0.318 e. The number of carbonyl (C=O) groups excluding carboxylic acids is 2. The maximum atomic E-state index is 15.5. The molecule has 4 bridgehead atoms. The first kappa shape index (κ1) is 17.8. The molecule has 4 nitrogen and oxygen atoms in total. The number of esters is 2. The zero-order chi connectivity index (χ0) is 19.6. The minimum Gasteiger partial charge on any atom is -0.469 e. The Kier molecular flexibility index (Phi) is 3.07. The summed E-state index contributed by atoms with van der Waals surface area (Å²) in [7, 11) is 1.23. The first-order chi connectivity index (χ1) is 12.5. The molecule has 1 aliphatic heterocycles. The molecular weight excluding hydrogens is 361 g/mol. The molecule has 0 N–H and O–H groups in total. The van der Waals surface area contributed by atoms with Crippen LogP contribution in [0.5, 0.6) is 0 Å². The molecule has 27 heavy (non-hydrogen) atoms. The monoisotopic (exact) mass is 386 g/mol. The van der Waals surface area contributed by atoms with Gasteiger partial charge in [0, 0.05) is 18.3 Å². The molecule has 7 heteroatoms. The number of hydrogen-bond donors (Lipinski definition) is 0. The average molecular weight is 386 g/mol. The Morgan fingerprint density at radius 1 is 1.22 bits per heavy atom. The fourth-order valence-corrected chi connectivity index (χ4v) is 8.06. The van der Waals surface area contributed by atoms with Crippen molar-refractivity contribution in [3.05, 3.63) is 0 Å². The molecule has 0 radical (unpaired) electrons. The van der Waals surface area contributed by atoms with Crippen LogP contribution in [0.2, 0.25) is 0 Å². The van der Waals surface area contributed by atoms with Gasteiger partial charge < -0.3 is 9.47 Å². The van der Waals surface area contributed by atoms with E-state index >= 15 is 13.2 Å². The molecule has 0 amide bonds. The summed E-state index contributed by atoms with van der Waals surface area (Å²) >= 11 is 0. The Balaban J connectivity index is 1.76. The number of alkyl halides is 3. The van der Waals surface area contributed by atoms with Gasteiger partial charge in [-0.1, -0.05) is 6.92 Å². The first-order valence-corrected chi connectivity index (χ1v) is 9.87. The zero-order valence-corrected chi connectivity index (χ0v) is 15.8. The van der Waals surface area contributed by atoms with E-state index in [2.05, 4.69) is 0 Å². The van der Waals surface area contributed by atoms with Crippen LogP contribution < -0.4 is 0 Å². The molecule has 0 aromatic heterocycles. The summed E-state index contributed by atoms with van der Waals surface area (Å²) in [6.45, 7) is 3.08. The first-order valence-electron chi connectivity index (χ1n) is 9.87. The van der Waals surface area contributed by atoms with Crippen LogP contribution in [0, 0.1) is 34.5 Å². The molecule has 1 heterocycles. The van der Waals surface area contributed by atoms with E-state index in [1.165, 1.54) is 14.0 Å². The van der Waals surface area contributed by atoms with E-state index in [1.807, 2.05) is 6.92 Å². The van der Waals surface area contributed by atoms with Crippen LogP contribution in [-0.2, 0) is 19.1 Å². The van der Waals surface area contributed by atoms with Crippen LogP contribution in [0.15, 0.2) is 0 Å². The van der Waals surface area contributed by atoms with E-state index in [1.54, 1.807) is 0 Å². The largest absolute Gasteiger partial charge is 0.469 e. The Hall–Kier alpha value is -1.27. The van der Waals surface area contributed by atoms with Gasteiger partial charge in [-0.2, -0.15) is 0 Å². The van der Waals surface area contributed by atoms with Crippen molar-refractivity contribution in [3.63, 3.8) is 0 Å². The molecular formula is C20H25F3O4. The summed E-state index contributed by atoms with van der Waals surface area (Å²) in [6, 6.07) is 0. The highest BCUT2D eigenvalue weighted by atomic mass is 19.3. The van der Waals surface area contributed by atoms with Gasteiger partial charge >= 0.3 is 11.9 Å². The van der Waals surface area contributed by atoms with Gasteiger partial charge in [-0.15, -0.1) is 0 Å². The maximum absolute atomic E-state index is 15.5. The average Bonchev–Trinajstić information content (AvgIpc) is 3.03. The number of rotatable bonds is 1. The van der Waals surface area contributed by atoms with E-state index in [0.717, 1.165) is 0 Å². The summed E-state index contributed by atoms with van der Waals surface area (Å²) in [5.74, 6) is -7.21. The van der Waals surface area contributed by atoms with Crippen LogP contribution in [-0.4, -0.2) is 36.2 Å². The number of fused-ring (bicyclic) bond motifs is 1. The van der Waals surface area contributed by atoms with E-state index in [9.17, 15) is 9.59 Å². The summed E-state index contributed by atoms with van der Waals surface area (Å²) in [6.07, 6.45) is 0.990. The lowest BCUT2D eigenvalue weighted by molar-refractivity contribution is -0.185. The highest BCUT2D eigenvalue weighted by Gasteiger charge is 2.87. The fourth-order valence-electron chi connectivity index (χ4n) is 8.06. The Morgan fingerprint density at radius 2 is 1.93 bits per heavy atom. The molecule has 0 aromatic carbocycles. The molecule has 2 unspecified atom stereocenters. The van der Waals surface area contributed by atoms with Gasteiger partial charge in [-0.05, 0) is 50.4 Å². The van der Waals surface area contributed by atoms with E-state index in [4.69, 9.17) is 9.47 Å². The second-order valence-electron chi connectivity index (χ2n) is 9.87. The third kappa shape index (κ3) is 1.62. The van der Waals surface area contributed by atoms with E-state index in [-0.39, 0.29) is 24.7 Å². The second kappa shape index (κ2) is 4.65. The second-order valence-corrected chi connectivity index (χ2v) is 9.87. The molecule has 5 aliphatic rings. The van der Waals surface area contributed by atoms with Gasteiger partial charge in [0.1, 0.15) is 16.7 Å². The highest BCUT2D eigenvalue weighted by molar-refractivity contribution is 5.86. The predicted octanol–water partition coefficient (Wildman–Crippen LogP) is 3.67. The normalized spacial score (nSPS) is 57.0. The van der Waals surface area contributed by atoms with Crippen LogP contribution in [0.4, 0.5) is 13.2 Å². The van der Waals surface area contributed by atoms with E-state index in [0.29, 0.717) is 19.3 Å². The van der Waals surface area contributed by atoms with Crippen molar-refractivity contribution in [2.75, 3.05) is 7.11 Å². The minimum atomic E-state index is -3.26. The van der Waals surface area contributed by atoms with Crippen LogP contribution in [0.3, 0.4) is 0 Å². The van der Waals surface area contributed by atoms with E-state index < -0.39 is 58.2 Å². The summed E-state index contributed by atoms with van der Waals surface area (Å²) in [5, 5.41) is 0. The fraction of sp³-hybridized carbons (Fsp3) is 0.900. The summed E-state index contributed by atoms with van der Waals surface area (Å²) < 4.78 is 56.5. The number of carbonyl (C=O) groups is 2. The molecule has 150 valence electrons. The lowest BCUT2D eigenvalue weighted by atomic mass is 9.58. The van der Waals surface area contributed by atoms with Gasteiger partial charge in [0.2, 0.25) is 0 Å². The van der Waals surface area contributed by atoms with Crippen molar-refractivity contribution in [1.29, 1.82) is 0 Å². The van der Waals surface area contributed by atoms with Gasteiger partial charge in [0.05, 0.1) is 13.0 Å². The highest BCUT2D eigenvalue weighted by Crippen LogP contribution is 2.80. The summed E-state index contributed by atoms with van der Waals surface area (Å²) in [5.41, 5.74) is -5.33. The van der Waals surface area contributed by atoms with Gasteiger partial charge in [-0.3, -0.25) is 9.59 Å². The van der Waals surface area contributed by atoms with Crippen LogP contribution in [0.25, 0.3) is 0 Å². The van der Waals surface area contributed by atoms with Gasteiger partial charge in [-0.25, -0.2) is 13.2 Å². The Labute approximate surface area is 156 Å². The SMILES string of the molecule is COC(=O)[C@H]1C2[C@@]3(CCC(F)(F)[C@@]2(C)C(=O)O3)C2CC[C@]3(F)C[C@@]21C[C@H]3C. The minimum absolute atomic E-state index is 0.0274. The Bertz CT molecular complexity index is 756. The van der Waals surface area contributed by atoms with Crippen LogP contribution >= 0.6 is 0 Å². The lowest BCUT2D eigenvalue weighted by Gasteiger charge is -2.46. The molecule has 8 atom stereocenters. The standard InChI is InChI=1S/C20H25F3O4/c1-10-8-17-9-18(10,21)5-4-11(17)19-6-7-20(22,23)16(2,15(25)27-19)13(19)12(17)14(24)26-3/h10-13H,4-9H2,1-3H3/t10-,11?,12-,13?,16-,17+,18+,19-/m1/s1. The number of methoxy groups -OCH3 is 1. The third-order valence-corrected chi connectivity index (χ3v) is 9.18. The number of ether oxygens (including phenoxy) is 2. The maximum Gasteiger partial charge on any atom is 0.318 e. The van der Waals surface area contributed by atoms with Gasteiger partial charge in [0.15, 0.2) is 0 Å². The molecule has 5 fully saturated rings. The van der Waals surface area contributed by atoms with Crippen molar-refractivity contribution in [3.8, 4) is 0 Å². The molecule has 1 saturated heterocycles. The zero-order valence-electron chi connectivity index (χ0n) is 15.8. The van der Waals surface area contributed by atoms with Crippen molar-refractivity contribution >= 4 is 11.9 Å². The van der Waals surface area contributed by atoms with Crippen molar-refractivity contribution < 1.29 is 32.2 Å². The Morgan fingerprint density at radius 3 is 2.59 bits per heavy atom. The van der Waals surface area contributed by atoms with Crippen molar-refractivity contribution in [2.24, 2.45) is 34.5 Å². The van der Waals surface area contributed by atoms with Crippen molar-refractivity contribution in [2.45, 2.75) is 69.6 Å². The molecule has 4 saturated carbocycles. The third-order valence-electron chi connectivity index (χ3n) is 9.18.